The maximum absolute atomic E-state index is 4.68. The highest BCUT2D eigenvalue weighted by Crippen LogP contribution is 2.29. The van der Waals surface area contributed by atoms with Crippen LogP contribution in [0.5, 0.6) is 0 Å². The number of aromatic nitrogens is 4. The van der Waals surface area contributed by atoms with Crippen LogP contribution in [0.2, 0.25) is 0 Å². The zero-order valence-electron chi connectivity index (χ0n) is 18.6. The van der Waals surface area contributed by atoms with Crippen LogP contribution in [0.15, 0.2) is 55.0 Å². The minimum Gasteiger partial charge on any atom is -0.365 e. The van der Waals surface area contributed by atoms with E-state index in [0.29, 0.717) is 6.04 Å². The first-order chi connectivity index (χ1) is 15.0. The zero-order valence-corrected chi connectivity index (χ0v) is 18.6. The minimum atomic E-state index is 0.384. The fourth-order valence-corrected chi connectivity index (χ4v) is 4.64. The second-order valence-electron chi connectivity index (χ2n) is 8.61. The molecule has 0 N–H and O–H groups in total. The van der Waals surface area contributed by atoms with Gasteiger partial charge in [0.25, 0.3) is 0 Å². The number of hydrogen-bond donors (Lipinski definition) is 0. The summed E-state index contributed by atoms with van der Waals surface area (Å²) in [6.45, 7) is 11.4. The molecule has 1 saturated heterocycles. The Labute approximate surface area is 183 Å². The highest BCUT2D eigenvalue weighted by atomic mass is 15.3. The third-order valence-electron chi connectivity index (χ3n) is 6.19. The molecular formula is C25H28N6. The lowest BCUT2D eigenvalue weighted by Crippen LogP contribution is -2.52. The predicted molar refractivity (Wildman–Crippen MR) is 126 cm³/mol. The number of nitrogens with zero attached hydrogens (tertiary/aromatic N) is 6. The summed E-state index contributed by atoms with van der Waals surface area (Å²) in [5, 5.41) is 5.68. The summed E-state index contributed by atoms with van der Waals surface area (Å²) in [6.07, 6.45) is 3.57. The predicted octanol–water partition coefficient (Wildman–Crippen LogP) is 4.46. The first-order valence-corrected chi connectivity index (χ1v) is 10.9. The molecule has 1 aliphatic heterocycles. The molecule has 0 unspecified atom stereocenters. The lowest BCUT2D eigenvalue weighted by Gasteiger charge is -2.42. The Kier molecular flexibility index (Phi) is 4.85. The Morgan fingerprint density at radius 2 is 1.77 bits per heavy atom. The van der Waals surface area contributed by atoms with Crippen molar-refractivity contribution in [1.29, 1.82) is 0 Å². The molecule has 0 spiro atoms. The monoisotopic (exact) mass is 412 g/mol. The van der Waals surface area contributed by atoms with Gasteiger partial charge in [-0.05, 0) is 57.0 Å². The van der Waals surface area contributed by atoms with E-state index in [1.165, 1.54) is 22.4 Å². The van der Waals surface area contributed by atoms with E-state index in [-0.39, 0.29) is 0 Å². The van der Waals surface area contributed by atoms with Gasteiger partial charge in [-0.15, -0.1) is 0 Å². The normalized spacial score (nSPS) is 16.8. The summed E-state index contributed by atoms with van der Waals surface area (Å²) in [4.78, 5) is 14.1. The van der Waals surface area contributed by atoms with Crippen LogP contribution >= 0.6 is 0 Å². The SMILES string of the molecule is Cc1cccc(N2CCN(c3ncnc4c3cnn4-c3ccc(C)cc3C)C[C@@H]2C)c1. The van der Waals surface area contributed by atoms with Crippen LogP contribution in [-0.4, -0.2) is 45.4 Å². The van der Waals surface area contributed by atoms with Crippen molar-refractivity contribution in [2.24, 2.45) is 0 Å². The van der Waals surface area contributed by atoms with E-state index < -0.39 is 0 Å². The molecule has 6 nitrogen and oxygen atoms in total. The highest BCUT2D eigenvalue weighted by molar-refractivity contribution is 5.88. The Morgan fingerprint density at radius 1 is 0.935 bits per heavy atom. The fourth-order valence-electron chi connectivity index (χ4n) is 4.64. The highest BCUT2D eigenvalue weighted by Gasteiger charge is 2.26. The van der Waals surface area contributed by atoms with Crippen molar-refractivity contribution in [2.45, 2.75) is 33.7 Å². The molecule has 3 heterocycles. The van der Waals surface area contributed by atoms with Crippen LogP contribution in [0, 0.1) is 20.8 Å². The van der Waals surface area contributed by atoms with Crippen molar-refractivity contribution in [2.75, 3.05) is 29.4 Å². The average molecular weight is 413 g/mol. The topological polar surface area (TPSA) is 50.1 Å². The van der Waals surface area contributed by atoms with Gasteiger partial charge in [0.1, 0.15) is 12.1 Å². The van der Waals surface area contributed by atoms with Crippen LogP contribution in [0.25, 0.3) is 16.7 Å². The molecule has 2 aromatic carbocycles. The maximum Gasteiger partial charge on any atom is 0.168 e. The number of piperazine rings is 1. The molecule has 4 aromatic rings. The van der Waals surface area contributed by atoms with Crippen LogP contribution in [0.1, 0.15) is 23.6 Å². The Balaban J connectivity index is 1.46. The van der Waals surface area contributed by atoms with Crippen molar-refractivity contribution in [3.63, 3.8) is 0 Å². The molecule has 158 valence electrons. The quantitative estimate of drug-likeness (QED) is 0.497. The van der Waals surface area contributed by atoms with Gasteiger partial charge >= 0.3 is 0 Å². The average Bonchev–Trinajstić information content (AvgIpc) is 3.18. The molecule has 5 rings (SSSR count). The van der Waals surface area contributed by atoms with E-state index in [4.69, 9.17) is 0 Å². The second kappa shape index (κ2) is 7.69. The van der Waals surface area contributed by atoms with Gasteiger partial charge < -0.3 is 9.80 Å². The van der Waals surface area contributed by atoms with E-state index in [2.05, 4.69) is 95.0 Å². The molecule has 0 amide bonds. The number of hydrogen-bond acceptors (Lipinski definition) is 5. The molecule has 2 aromatic heterocycles. The lowest BCUT2D eigenvalue weighted by molar-refractivity contribution is 0.548. The van der Waals surface area contributed by atoms with Gasteiger partial charge in [-0.1, -0.05) is 29.8 Å². The van der Waals surface area contributed by atoms with Crippen molar-refractivity contribution < 1.29 is 0 Å². The summed E-state index contributed by atoms with van der Waals surface area (Å²) in [7, 11) is 0. The molecule has 31 heavy (non-hydrogen) atoms. The summed E-state index contributed by atoms with van der Waals surface area (Å²) in [6, 6.07) is 15.5. The van der Waals surface area contributed by atoms with Crippen LogP contribution in [0.3, 0.4) is 0 Å². The molecule has 0 aliphatic carbocycles. The van der Waals surface area contributed by atoms with Gasteiger partial charge in [0.05, 0.1) is 17.3 Å². The fraction of sp³-hybridized carbons (Fsp3) is 0.320. The largest absolute Gasteiger partial charge is 0.365 e. The van der Waals surface area contributed by atoms with Gasteiger partial charge in [0, 0.05) is 31.4 Å². The van der Waals surface area contributed by atoms with E-state index in [1.807, 2.05) is 10.9 Å². The smallest absolute Gasteiger partial charge is 0.168 e. The van der Waals surface area contributed by atoms with Gasteiger partial charge in [0.15, 0.2) is 5.65 Å². The molecule has 0 bridgehead atoms. The third-order valence-corrected chi connectivity index (χ3v) is 6.19. The Hall–Kier alpha value is -3.41. The summed E-state index contributed by atoms with van der Waals surface area (Å²) in [5.74, 6) is 0.969. The molecule has 1 aliphatic rings. The minimum absolute atomic E-state index is 0.384. The van der Waals surface area contributed by atoms with Gasteiger partial charge in [-0.2, -0.15) is 5.10 Å². The van der Waals surface area contributed by atoms with Gasteiger partial charge in [-0.25, -0.2) is 14.6 Å². The molecule has 0 saturated carbocycles. The summed E-state index contributed by atoms with van der Waals surface area (Å²) in [5.41, 5.74) is 6.93. The van der Waals surface area contributed by atoms with Crippen LogP contribution in [0.4, 0.5) is 11.5 Å². The van der Waals surface area contributed by atoms with E-state index in [1.54, 1.807) is 6.33 Å². The van der Waals surface area contributed by atoms with Crippen LogP contribution in [-0.2, 0) is 0 Å². The Morgan fingerprint density at radius 3 is 2.55 bits per heavy atom. The van der Waals surface area contributed by atoms with Gasteiger partial charge in [0.2, 0.25) is 0 Å². The molecule has 1 fully saturated rings. The Bertz CT molecular complexity index is 1240. The summed E-state index contributed by atoms with van der Waals surface area (Å²) < 4.78 is 1.93. The van der Waals surface area contributed by atoms with E-state index in [9.17, 15) is 0 Å². The van der Waals surface area contributed by atoms with E-state index >= 15 is 0 Å². The van der Waals surface area contributed by atoms with E-state index in [0.717, 1.165) is 42.2 Å². The number of anilines is 2. The lowest BCUT2D eigenvalue weighted by atomic mass is 10.1. The van der Waals surface area contributed by atoms with Crippen molar-refractivity contribution in [1.82, 2.24) is 19.7 Å². The molecule has 1 atom stereocenters. The third kappa shape index (κ3) is 3.52. The molecule has 6 heteroatoms. The number of benzene rings is 2. The maximum atomic E-state index is 4.68. The van der Waals surface area contributed by atoms with Gasteiger partial charge in [-0.3, -0.25) is 0 Å². The first-order valence-electron chi connectivity index (χ1n) is 10.9. The van der Waals surface area contributed by atoms with Crippen LogP contribution < -0.4 is 9.80 Å². The molecular weight excluding hydrogens is 384 g/mol. The van der Waals surface area contributed by atoms with Crippen molar-refractivity contribution in [3.8, 4) is 5.69 Å². The second-order valence-corrected chi connectivity index (χ2v) is 8.61. The summed E-state index contributed by atoms with van der Waals surface area (Å²) >= 11 is 0. The van der Waals surface area contributed by atoms with Crippen molar-refractivity contribution in [3.05, 3.63) is 71.7 Å². The first kappa shape index (κ1) is 19.5. The number of aryl methyl sites for hydroxylation is 3. The number of fused-ring (bicyclic) bond motifs is 1. The zero-order chi connectivity index (χ0) is 21.5. The van der Waals surface area contributed by atoms with Crippen molar-refractivity contribution >= 4 is 22.5 Å². The molecule has 0 radical (unpaired) electrons. The standard InChI is InChI=1S/C25H28N6/c1-17-6-5-7-21(13-17)30-11-10-29(15-20(30)4)24-22-14-28-31(25(22)27-16-26-24)23-9-8-18(2)12-19(23)3/h5-9,12-14,16,20H,10-11,15H2,1-4H3/t20-/m0/s1. The number of rotatable bonds is 3.